The van der Waals surface area contributed by atoms with Crippen LogP contribution < -0.4 is 5.32 Å². The van der Waals surface area contributed by atoms with Crippen molar-refractivity contribution in [2.24, 2.45) is 0 Å². The number of hydrogen-bond acceptors (Lipinski definition) is 1. The Morgan fingerprint density at radius 1 is 1.05 bits per heavy atom. The van der Waals surface area contributed by atoms with Gasteiger partial charge in [0.1, 0.15) is 23.0 Å². The lowest BCUT2D eigenvalue weighted by Crippen LogP contribution is -2.16. The highest BCUT2D eigenvalue weighted by molar-refractivity contribution is 6.33. The summed E-state index contributed by atoms with van der Waals surface area (Å²) in [6.45, 7) is 0. The standard InChI is InChI=1S/C13H7ClF3NO/c14-8-6-7(15)4-5-11(8)18-13(19)12-9(16)2-1-3-10(12)17/h1-6H,(H,18,19). The Morgan fingerprint density at radius 3 is 2.26 bits per heavy atom. The quantitative estimate of drug-likeness (QED) is 0.887. The number of nitrogens with one attached hydrogen (secondary N) is 1. The van der Waals surface area contributed by atoms with E-state index in [1.807, 2.05) is 0 Å². The number of halogens is 4. The van der Waals surface area contributed by atoms with Gasteiger partial charge in [-0.05, 0) is 30.3 Å². The van der Waals surface area contributed by atoms with E-state index in [4.69, 9.17) is 11.6 Å². The van der Waals surface area contributed by atoms with Crippen LogP contribution >= 0.6 is 11.6 Å². The minimum Gasteiger partial charge on any atom is -0.320 e. The maximum atomic E-state index is 13.4. The van der Waals surface area contributed by atoms with Crippen molar-refractivity contribution in [1.29, 1.82) is 0 Å². The predicted octanol–water partition coefficient (Wildman–Crippen LogP) is 4.01. The van der Waals surface area contributed by atoms with Crippen LogP contribution in [0.2, 0.25) is 5.02 Å². The second-order valence-electron chi connectivity index (χ2n) is 3.67. The summed E-state index contributed by atoms with van der Waals surface area (Å²) in [5.41, 5.74) is -0.654. The Hall–Kier alpha value is -2.01. The van der Waals surface area contributed by atoms with Crippen LogP contribution in [-0.4, -0.2) is 5.91 Å². The van der Waals surface area contributed by atoms with Gasteiger partial charge in [-0.25, -0.2) is 13.2 Å². The van der Waals surface area contributed by atoms with Crippen molar-refractivity contribution in [3.63, 3.8) is 0 Å². The van der Waals surface area contributed by atoms with Gasteiger partial charge in [0.25, 0.3) is 5.91 Å². The lowest BCUT2D eigenvalue weighted by molar-refractivity contribution is 0.101. The first-order valence-corrected chi connectivity index (χ1v) is 5.57. The van der Waals surface area contributed by atoms with Gasteiger partial charge in [-0.3, -0.25) is 4.79 Å². The summed E-state index contributed by atoms with van der Waals surface area (Å²) in [6.07, 6.45) is 0. The van der Waals surface area contributed by atoms with E-state index in [0.29, 0.717) is 0 Å². The summed E-state index contributed by atoms with van der Waals surface area (Å²) in [4.78, 5) is 11.7. The number of carbonyl (C=O) groups excluding carboxylic acids is 1. The van der Waals surface area contributed by atoms with Crippen molar-refractivity contribution < 1.29 is 18.0 Å². The molecule has 19 heavy (non-hydrogen) atoms. The third-order valence-corrected chi connectivity index (χ3v) is 2.68. The van der Waals surface area contributed by atoms with Crippen molar-refractivity contribution in [2.75, 3.05) is 5.32 Å². The molecular formula is C13H7ClF3NO. The molecule has 1 amide bonds. The Bertz CT molecular complexity index is 626. The van der Waals surface area contributed by atoms with Crippen LogP contribution in [0.5, 0.6) is 0 Å². The van der Waals surface area contributed by atoms with Gasteiger partial charge < -0.3 is 5.32 Å². The highest BCUT2D eigenvalue weighted by Gasteiger charge is 2.17. The summed E-state index contributed by atoms with van der Waals surface area (Å²) >= 11 is 5.70. The topological polar surface area (TPSA) is 29.1 Å². The molecule has 98 valence electrons. The Morgan fingerprint density at radius 2 is 1.68 bits per heavy atom. The molecule has 0 fully saturated rings. The van der Waals surface area contributed by atoms with E-state index in [-0.39, 0.29) is 10.7 Å². The molecule has 0 saturated heterocycles. The molecule has 0 aliphatic carbocycles. The molecule has 2 aromatic carbocycles. The molecule has 0 spiro atoms. The maximum absolute atomic E-state index is 13.4. The molecule has 0 bridgehead atoms. The maximum Gasteiger partial charge on any atom is 0.261 e. The van der Waals surface area contributed by atoms with Gasteiger partial charge in [-0.2, -0.15) is 0 Å². The molecule has 0 atom stereocenters. The number of benzene rings is 2. The summed E-state index contributed by atoms with van der Waals surface area (Å²) in [5, 5.41) is 2.15. The van der Waals surface area contributed by atoms with Crippen molar-refractivity contribution in [3.8, 4) is 0 Å². The van der Waals surface area contributed by atoms with Crippen LogP contribution in [0.1, 0.15) is 10.4 Å². The van der Waals surface area contributed by atoms with Gasteiger partial charge in [-0.15, -0.1) is 0 Å². The molecule has 2 aromatic rings. The molecule has 0 radical (unpaired) electrons. The number of anilines is 1. The van der Waals surface area contributed by atoms with E-state index in [1.54, 1.807) is 0 Å². The summed E-state index contributed by atoms with van der Waals surface area (Å²) in [5.74, 6) is -3.56. The largest absolute Gasteiger partial charge is 0.320 e. The van der Waals surface area contributed by atoms with Crippen molar-refractivity contribution in [2.45, 2.75) is 0 Å². The molecule has 0 aliphatic rings. The molecule has 6 heteroatoms. The van der Waals surface area contributed by atoms with Gasteiger partial charge in [0.2, 0.25) is 0 Å². The van der Waals surface area contributed by atoms with Gasteiger partial charge >= 0.3 is 0 Å². The van der Waals surface area contributed by atoms with Crippen LogP contribution in [0.15, 0.2) is 36.4 Å². The number of rotatable bonds is 2. The van der Waals surface area contributed by atoms with Gasteiger partial charge in [0, 0.05) is 0 Å². The zero-order valence-corrected chi connectivity index (χ0v) is 10.1. The van der Waals surface area contributed by atoms with E-state index in [2.05, 4.69) is 5.32 Å². The Labute approximate surface area is 111 Å². The summed E-state index contributed by atoms with van der Waals surface area (Å²) < 4.78 is 39.6. The van der Waals surface area contributed by atoms with Crippen LogP contribution in [0.4, 0.5) is 18.9 Å². The second kappa shape index (κ2) is 5.32. The van der Waals surface area contributed by atoms with E-state index >= 15 is 0 Å². The highest BCUT2D eigenvalue weighted by Crippen LogP contribution is 2.23. The first kappa shape index (κ1) is 13.4. The zero-order chi connectivity index (χ0) is 14.0. The van der Waals surface area contributed by atoms with Crippen molar-refractivity contribution in [1.82, 2.24) is 0 Å². The van der Waals surface area contributed by atoms with Gasteiger partial charge in [0.15, 0.2) is 0 Å². The lowest BCUT2D eigenvalue weighted by atomic mass is 10.2. The molecule has 2 nitrogen and oxygen atoms in total. The normalized spacial score (nSPS) is 10.3. The van der Waals surface area contributed by atoms with Crippen molar-refractivity contribution in [3.05, 3.63) is 64.4 Å². The fourth-order valence-electron chi connectivity index (χ4n) is 1.49. The summed E-state index contributed by atoms with van der Waals surface area (Å²) in [7, 11) is 0. The molecule has 1 N–H and O–H groups in total. The second-order valence-corrected chi connectivity index (χ2v) is 4.08. The van der Waals surface area contributed by atoms with Gasteiger partial charge in [-0.1, -0.05) is 17.7 Å². The lowest BCUT2D eigenvalue weighted by Gasteiger charge is -2.08. The fraction of sp³-hybridized carbons (Fsp3) is 0. The SMILES string of the molecule is O=C(Nc1ccc(F)cc1Cl)c1c(F)cccc1F. The smallest absolute Gasteiger partial charge is 0.261 e. The third kappa shape index (κ3) is 2.88. The molecule has 0 heterocycles. The van der Waals surface area contributed by atoms with Crippen LogP contribution in [0.3, 0.4) is 0 Å². The number of amides is 1. The van der Waals surface area contributed by atoms with Crippen LogP contribution in [0.25, 0.3) is 0 Å². The monoisotopic (exact) mass is 285 g/mol. The average molecular weight is 286 g/mol. The average Bonchev–Trinajstić information content (AvgIpc) is 2.32. The van der Waals surface area contributed by atoms with E-state index < -0.39 is 28.9 Å². The van der Waals surface area contributed by atoms with E-state index in [0.717, 1.165) is 30.3 Å². The highest BCUT2D eigenvalue weighted by atomic mass is 35.5. The first-order valence-electron chi connectivity index (χ1n) is 5.19. The fourth-order valence-corrected chi connectivity index (χ4v) is 1.70. The summed E-state index contributed by atoms with van der Waals surface area (Å²) in [6, 6.07) is 6.32. The molecule has 0 aliphatic heterocycles. The molecule has 0 unspecified atom stereocenters. The first-order chi connectivity index (χ1) is 8.99. The number of carbonyl (C=O) groups is 1. The zero-order valence-electron chi connectivity index (χ0n) is 9.38. The van der Waals surface area contributed by atoms with Crippen LogP contribution in [0, 0.1) is 17.5 Å². The number of hydrogen-bond donors (Lipinski definition) is 1. The predicted molar refractivity (Wildman–Crippen MR) is 65.7 cm³/mol. The minimum atomic E-state index is -0.996. The van der Waals surface area contributed by atoms with Crippen molar-refractivity contribution >= 4 is 23.2 Å². The molecule has 0 saturated carbocycles. The van der Waals surface area contributed by atoms with E-state index in [9.17, 15) is 18.0 Å². The van der Waals surface area contributed by atoms with Crippen LogP contribution in [-0.2, 0) is 0 Å². The Kier molecular flexibility index (Phi) is 3.76. The van der Waals surface area contributed by atoms with E-state index in [1.165, 1.54) is 6.07 Å². The molecule has 2 rings (SSSR count). The minimum absolute atomic E-state index is 0.0647. The van der Waals surface area contributed by atoms with Gasteiger partial charge in [0.05, 0.1) is 10.7 Å². The molecule has 0 aromatic heterocycles. The third-order valence-electron chi connectivity index (χ3n) is 2.37. The Balaban J connectivity index is 2.31. The molecular weight excluding hydrogens is 279 g/mol.